The highest BCUT2D eigenvalue weighted by Crippen LogP contribution is 2.24. The number of amides is 1. The van der Waals surface area contributed by atoms with Crippen molar-refractivity contribution < 1.29 is 13.2 Å². The van der Waals surface area contributed by atoms with E-state index in [0.29, 0.717) is 27.5 Å². The van der Waals surface area contributed by atoms with Gasteiger partial charge in [0.2, 0.25) is 10.0 Å². The number of sulfonamides is 1. The molecule has 1 amide bonds. The lowest BCUT2D eigenvalue weighted by Crippen LogP contribution is -2.29. The first-order valence-corrected chi connectivity index (χ1v) is 11.7. The molecule has 3 rings (SSSR count). The summed E-state index contributed by atoms with van der Waals surface area (Å²) in [6.07, 6.45) is 1.13. The molecule has 8 heteroatoms. The Bertz CT molecular complexity index is 1190. The molecular formula is C23H22ClN3O3S. The number of hydrogen-bond donors (Lipinski definition) is 1. The summed E-state index contributed by atoms with van der Waals surface area (Å²) in [4.78, 5) is 12.4. The zero-order valence-corrected chi connectivity index (χ0v) is 18.7. The van der Waals surface area contributed by atoms with Crippen LogP contribution in [0.25, 0.3) is 0 Å². The van der Waals surface area contributed by atoms with Crippen molar-refractivity contribution in [3.05, 3.63) is 101 Å². The summed E-state index contributed by atoms with van der Waals surface area (Å²) < 4.78 is 26.0. The maximum atomic E-state index is 12.4. The van der Waals surface area contributed by atoms with Crippen LogP contribution >= 0.6 is 11.6 Å². The van der Waals surface area contributed by atoms with Crippen molar-refractivity contribution in [1.29, 1.82) is 0 Å². The summed E-state index contributed by atoms with van der Waals surface area (Å²) >= 11 is 6.19. The second-order valence-electron chi connectivity index (χ2n) is 6.91. The van der Waals surface area contributed by atoms with E-state index in [0.717, 1.165) is 11.8 Å². The highest BCUT2D eigenvalue weighted by molar-refractivity contribution is 7.92. The van der Waals surface area contributed by atoms with Crippen molar-refractivity contribution in [2.75, 3.05) is 10.6 Å². The van der Waals surface area contributed by atoms with Crippen LogP contribution in [0.2, 0.25) is 5.02 Å². The second-order valence-corrected chi connectivity index (χ2v) is 9.23. The molecule has 0 aliphatic carbocycles. The minimum Gasteiger partial charge on any atom is -0.267 e. The lowest BCUT2D eigenvalue weighted by Gasteiger charge is -2.23. The van der Waals surface area contributed by atoms with Gasteiger partial charge in [0.15, 0.2) is 0 Å². The number of anilines is 1. The maximum absolute atomic E-state index is 12.4. The SMILES string of the molecule is C/C(=N/NC(=O)c1ccc(N(Cc2ccccc2Cl)S(C)(=O)=O)cc1)c1ccccc1. The van der Waals surface area contributed by atoms with Crippen LogP contribution in [0.4, 0.5) is 5.69 Å². The van der Waals surface area contributed by atoms with Crippen LogP contribution in [0.15, 0.2) is 84.0 Å². The van der Waals surface area contributed by atoms with Crippen LogP contribution in [0.1, 0.15) is 28.4 Å². The Morgan fingerprint density at radius 1 is 0.935 bits per heavy atom. The molecule has 0 aromatic heterocycles. The number of hydrazone groups is 1. The predicted octanol–water partition coefficient (Wildman–Crippen LogP) is 4.46. The molecule has 3 aromatic rings. The zero-order valence-electron chi connectivity index (χ0n) is 17.1. The topological polar surface area (TPSA) is 78.8 Å². The smallest absolute Gasteiger partial charge is 0.267 e. The van der Waals surface area contributed by atoms with E-state index in [1.54, 1.807) is 55.5 Å². The maximum Gasteiger partial charge on any atom is 0.271 e. The van der Waals surface area contributed by atoms with Crippen molar-refractivity contribution in [3.8, 4) is 0 Å². The van der Waals surface area contributed by atoms with Gasteiger partial charge in [0, 0.05) is 10.6 Å². The van der Waals surface area contributed by atoms with E-state index in [1.165, 1.54) is 4.31 Å². The van der Waals surface area contributed by atoms with Gasteiger partial charge in [-0.05, 0) is 48.4 Å². The number of halogens is 1. The fraction of sp³-hybridized carbons (Fsp3) is 0.130. The summed E-state index contributed by atoms with van der Waals surface area (Å²) in [5.74, 6) is -0.390. The summed E-state index contributed by atoms with van der Waals surface area (Å²) in [5.41, 5.74) is 5.58. The number of nitrogens with zero attached hydrogens (tertiary/aromatic N) is 2. The van der Waals surface area contributed by atoms with Crippen LogP contribution in [0, 0.1) is 0 Å². The molecule has 0 aliphatic heterocycles. The van der Waals surface area contributed by atoms with Crippen molar-refractivity contribution in [1.82, 2.24) is 5.43 Å². The number of carbonyl (C=O) groups is 1. The third-order valence-corrected chi connectivity index (χ3v) is 6.12. The molecule has 1 N–H and O–H groups in total. The molecule has 0 unspecified atom stereocenters. The summed E-state index contributed by atoms with van der Waals surface area (Å²) in [6.45, 7) is 1.89. The molecular weight excluding hydrogens is 434 g/mol. The zero-order chi connectivity index (χ0) is 22.4. The van der Waals surface area contributed by atoms with E-state index < -0.39 is 10.0 Å². The first kappa shape index (κ1) is 22.5. The van der Waals surface area contributed by atoms with Crippen LogP contribution in [-0.2, 0) is 16.6 Å². The largest absolute Gasteiger partial charge is 0.271 e. The second kappa shape index (κ2) is 9.76. The van der Waals surface area contributed by atoms with Gasteiger partial charge in [0.1, 0.15) is 0 Å². The number of rotatable bonds is 7. The van der Waals surface area contributed by atoms with Gasteiger partial charge in [-0.15, -0.1) is 0 Å². The molecule has 3 aromatic carbocycles. The summed E-state index contributed by atoms with van der Waals surface area (Å²) in [5, 5.41) is 4.61. The number of nitrogens with one attached hydrogen (secondary N) is 1. The molecule has 0 heterocycles. The number of hydrogen-bond acceptors (Lipinski definition) is 4. The highest BCUT2D eigenvalue weighted by Gasteiger charge is 2.19. The van der Waals surface area contributed by atoms with E-state index in [4.69, 9.17) is 11.6 Å². The molecule has 0 saturated heterocycles. The van der Waals surface area contributed by atoms with Gasteiger partial charge in [0.05, 0.1) is 24.2 Å². The van der Waals surface area contributed by atoms with E-state index in [1.807, 2.05) is 30.3 Å². The van der Waals surface area contributed by atoms with Gasteiger partial charge in [0.25, 0.3) is 5.91 Å². The first-order valence-electron chi connectivity index (χ1n) is 9.47. The normalized spacial score (nSPS) is 11.8. The fourth-order valence-corrected chi connectivity index (χ4v) is 3.98. The van der Waals surface area contributed by atoms with Gasteiger partial charge in [-0.3, -0.25) is 9.10 Å². The Morgan fingerprint density at radius 2 is 1.55 bits per heavy atom. The summed E-state index contributed by atoms with van der Waals surface area (Å²) in [6, 6.07) is 22.8. The van der Waals surface area contributed by atoms with Gasteiger partial charge in [-0.25, -0.2) is 13.8 Å². The minimum atomic E-state index is -3.57. The average molecular weight is 456 g/mol. The Labute approximate surface area is 187 Å². The summed E-state index contributed by atoms with van der Waals surface area (Å²) in [7, 11) is -3.57. The third-order valence-electron chi connectivity index (χ3n) is 4.61. The fourth-order valence-electron chi connectivity index (χ4n) is 2.90. The lowest BCUT2D eigenvalue weighted by molar-refractivity contribution is 0.0955. The molecule has 0 aliphatic rings. The Kier molecular flexibility index (Phi) is 7.09. The predicted molar refractivity (Wildman–Crippen MR) is 125 cm³/mol. The van der Waals surface area contributed by atoms with E-state index in [9.17, 15) is 13.2 Å². The molecule has 0 fully saturated rings. The molecule has 0 bridgehead atoms. The lowest BCUT2D eigenvalue weighted by atomic mass is 10.1. The van der Waals surface area contributed by atoms with Crippen LogP contribution in [0.3, 0.4) is 0 Å². The van der Waals surface area contributed by atoms with Crippen LogP contribution in [-0.4, -0.2) is 26.3 Å². The monoisotopic (exact) mass is 455 g/mol. The van der Waals surface area contributed by atoms with Gasteiger partial charge < -0.3 is 0 Å². The third kappa shape index (κ3) is 5.93. The standard InChI is InChI=1S/C23H22ClN3O3S/c1-17(18-8-4-3-5-9-18)25-26-23(28)19-12-14-21(15-13-19)27(31(2,29)30)16-20-10-6-7-11-22(20)24/h3-15H,16H2,1-2H3,(H,26,28)/b25-17-. The van der Waals surface area contributed by atoms with E-state index in [2.05, 4.69) is 10.5 Å². The number of carbonyl (C=O) groups excluding carboxylic acids is 1. The van der Waals surface area contributed by atoms with Crippen LogP contribution in [0.5, 0.6) is 0 Å². The van der Waals surface area contributed by atoms with Crippen LogP contribution < -0.4 is 9.73 Å². The van der Waals surface area contributed by atoms with Crippen molar-refractivity contribution in [2.45, 2.75) is 13.5 Å². The molecule has 0 atom stereocenters. The molecule has 6 nitrogen and oxygen atoms in total. The van der Waals surface area contributed by atoms with E-state index >= 15 is 0 Å². The molecule has 0 radical (unpaired) electrons. The number of benzene rings is 3. The van der Waals surface area contributed by atoms with E-state index in [-0.39, 0.29) is 12.5 Å². The quantitative estimate of drug-likeness (QED) is 0.422. The molecule has 0 spiro atoms. The first-order chi connectivity index (χ1) is 14.8. The molecule has 160 valence electrons. The van der Waals surface area contributed by atoms with Crippen molar-refractivity contribution in [2.24, 2.45) is 5.10 Å². The Balaban J connectivity index is 1.77. The molecule has 0 saturated carbocycles. The molecule has 31 heavy (non-hydrogen) atoms. The van der Waals surface area contributed by atoms with Crippen molar-refractivity contribution >= 4 is 38.9 Å². The van der Waals surface area contributed by atoms with Gasteiger partial charge in [-0.1, -0.05) is 60.1 Å². The van der Waals surface area contributed by atoms with Crippen molar-refractivity contribution in [3.63, 3.8) is 0 Å². The van der Waals surface area contributed by atoms with Gasteiger partial charge >= 0.3 is 0 Å². The highest BCUT2D eigenvalue weighted by atomic mass is 35.5. The Hall–Kier alpha value is -3.16. The minimum absolute atomic E-state index is 0.0879. The van der Waals surface area contributed by atoms with Gasteiger partial charge in [-0.2, -0.15) is 5.10 Å². The average Bonchev–Trinajstić information content (AvgIpc) is 2.76. The Morgan fingerprint density at radius 3 is 2.16 bits per heavy atom.